The molecular formula is C22H22N4O5S. The maximum atomic E-state index is 12.6. The van der Waals surface area contributed by atoms with E-state index in [-0.39, 0.29) is 30.4 Å². The van der Waals surface area contributed by atoms with Crippen LogP contribution in [0.3, 0.4) is 0 Å². The number of nitrogens with one attached hydrogen (secondary N) is 3. The summed E-state index contributed by atoms with van der Waals surface area (Å²) in [4.78, 5) is 49.1. The fourth-order valence-electron chi connectivity index (χ4n) is 2.95. The number of rotatable bonds is 7. The van der Waals surface area contributed by atoms with Gasteiger partial charge >= 0.3 is 0 Å². The third kappa shape index (κ3) is 5.88. The number of hydrogen-bond donors (Lipinski definition) is 4. The Bertz CT molecular complexity index is 1070. The molecule has 0 unspecified atom stereocenters. The van der Waals surface area contributed by atoms with Gasteiger partial charge in [-0.2, -0.15) is 0 Å². The van der Waals surface area contributed by atoms with Gasteiger partial charge in [-0.25, -0.2) is 0 Å². The van der Waals surface area contributed by atoms with Crippen molar-refractivity contribution in [2.75, 3.05) is 18.2 Å². The van der Waals surface area contributed by atoms with Crippen molar-refractivity contribution in [2.45, 2.75) is 12.5 Å². The first-order valence-electron chi connectivity index (χ1n) is 9.63. The van der Waals surface area contributed by atoms with Crippen LogP contribution in [0.15, 0.2) is 60.3 Å². The molecule has 1 heterocycles. The SMILES string of the molecule is CSNC(=O)c1ccc2c(c1)NC(=O)[C@@H](NC(=O)C(N)=CC(=O)Cc1ccccc1)CO2. The van der Waals surface area contributed by atoms with Crippen LogP contribution in [0.2, 0.25) is 0 Å². The molecule has 0 bridgehead atoms. The van der Waals surface area contributed by atoms with Gasteiger partial charge in [-0.1, -0.05) is 42.3 Å². The van der Waals surface area contributed by atoms with E-state index in [0.29, 0.717) is 17.0 Å². The largest absolute Gasteiger partial charge is 0.489 e. The number of nitrogens with two attached hydrogens (primary N) is 1. The number of fused-ring (bicyclic) bond motifs is 1. The molecule has 32 heavy (non-hydrogen) atoms. The van der Waals surface area contributed by atoms with Crippen molar-refractivity contribution < 1.29 is 23.9 Å². The number of anilines is 1. The Labute approximate surface area is 188 Å². The Morgan fingerprint density at radius 1 is 1.22 bits per heavy atom. The topological polar surface area (TPSA) is 140 Å². The van der Waals surface area contributed by atoms with Gasteiger partial charge in [-0.3, -0.25) is 23.9 Å². The van der Waals surface area contributed by atoms with Crippen LogP contribution in [0, 0.1) is 0 Å². The maximum Gasteiger partial charge on any atom is 0.268 e. The molecule has 2 aromatic carbocycles. The van der Waals surface area contributed by atoms with Crippen LogP contribution < -0.4 is 25.8 Å². The third-order valence-electron chi connectivity index (χ3n) is 4.52. The summed E-state index contributed by atoms with van der Waals surface area (Å²) < 4.78 is 8.20. The normalized spacial score (nSPS) is 15.5. The molecule has 0 spiro atoms. The summed E-state index contributed by atoms with van der Waals surface area (Å²) in [5.41, 5.74) is 6.88. The van der Waals surface area contributed by atoms with Gasteiger partial charge in [0, 0.05) is 24.3 Å². The molecule has 1 atom stereocenters. The van der Waals surface area contributed by atoms with Crippen molar-refractivity contribution in [1.29, 1.82) is 0 Å². The molecular weight excluding hydrogens is 432 g/mol. The van der Waals surface area contributed by atoms with Crippen LogP contribution >= 0.6 is 11.9 Å². The molecule has 5 N–H and O–H groups in total. The van der Waals surface area contributed by atoms with Gasteiger partial charge < -0.3 is 21.1 Å². The molecule has 0 saturated heterocycles. The molecule has 0 aromatic heterocycles. The lowest BCUT2D eigenvalue weighted by molar-refractivity contribution is -0.124. The van der Waals surface area contributed by atoms with E-state index in [0.717, 1.165) is 23.6 Å². The lowest BCUT2D eigenvalue weighted by atomic mass is 10.1. The molecule has 10 heteroatoms. The molecule has 0 fully saturated rings. The Balaban J connectivity index is 1.63. The minimum Gasteiger partial charge on any atom is -0.489 e. The first kappa shape index (κ1) is 22.9. The molecule has 0 saturated carbocycles. The van der Waals surface area contributed by atoms with Crippen LogP contribution in [0.4, 0.5) is 5.69 Å². The number of hydrogen-bond acceptors (Lipinski definition) is 7. The zero-order valence-corrected chi connectivity index (χ0v) is 18.0. The van der Waals surface area contributed by atoms with E-state index in [2.05, 4.69) is 15.4 Å². The van der Waals surface area contributed by atoms with Gasteiger partial charge in [0.25, 0.3) is 17.7 Å². The number of benzene rings is 2. The molecule has 0 aliphatic carbocycles. The van der Waals surface area contributed by atoms with Crippen molar-refractivity contribution in [2.24, 2.45) is 5.73 Å². The summed E-state index contributed by atoms with van der Waals surface area (Å²) in [5.74, 6) is -1.60. The maximum absolute atomic E-state index is 12.6. The quantitative estimate of drug-likeness (QED) is 0.364. The van der Waals surface area contributed by atoms with Gasteiger partial charge in [-0.05, 0) is 23.8 Å². The van der Waals surface area contributed by atoms with Crippen LogP contribution in [-0.4, -0.2) is 42.4 Å². The molecule has 1 aliphatic rings. The van der Waals surface area contributed by atoms with Crippen molar-refractivity contribution in [3.63, 3.8) is 0 Å². The summed E-state index contributed by atoms with van der Waals surface area (Å²) in [6.45, 7) is -0.147. The first-order valence-corrected chi connectivity index (χ1v) is 10.9. The smallest absolute Gasteiger partial charge is 0.268 e. The van der Waals surface area contributed by atoms with Crippen molar-refractivity contribution in [1.82, 2.24) is 10.0 Å². The summed E-state index contributed by atoms with van der Waals surface area (Å²) in [6.07, 6.45) is 2.86. The van der Waals surface area contributed by atoms with E-state index < -0.39 is 17.9 Å². The van der Waals surface area contributed by atoms with Gasteiger partial charge in [0.2, 0.25) is 0 Å². The number of allylic oxidation sites excluding steroid dienone is 1. The minimum atomic E-state index is -1.05. The lowest BCUT2D eigenvalue weighted by Crippen LogP contribution is -2.47. The Morgan fingerprint density at radius 3 is 2.69 bits per heavy atom. The second kappa shape index (κ2) is 10.5. The molecule has 1 aliphatic heterocycles. The molecule has 3 rings (SSSR count). The fraction of sp³-hybridized carbons (Fsp3) is 0.182. The highest BCUT2D eigenvalue weighted by molar-refractivity contribution is 7.97. The predicted molar refractivity (Wildman–Crippen MR) is 121 cm³/mol. The zero-order chi connectivity index (χ0) is 23.1. The summed E-state index contributed by atoms with van der Waals surface area (Å²) in [6, 6.07) is 12.6. The molecule has 3 amide bonds. The second-order valence-electron chi connectivity index (χ2n) is 6.90. The second-order valence-corrected chi connectivity index (χ2v) is 7.51. The molecule has 9 nitrogen and oxygen atoms in total. The standard InChI is InChI=1S/C22H22N4O5S/c1-32-26-20(28)14-7-8-19-17(10-14)24-22(30)18(12-31-19)25-21(29)16(23)11-15(27)9-13-5-3-2-4-6-13/h2-8,10-11,18H,9,12,23H2,1H3,(H,24,30)(H,25,29)(H,26,28)/t18-/m0/s1. The van der Waals surface area contributed by atoms with Crippen LogP contribution in [0.1, 0.15) is 15.9 Å². The molecule has 166 valence electrons. The van der Waals surface area contributed by atoms with E-state index in [1.54, 1.807) is 30.5 Å². The van der Waals surface area contributed by atoms with Crippen LogP contribution in [0.25, 0.3) is 0 Å². The van der Waals surface area contributed by atoms with Crippen LogP contribution in [-0.2, 0) is 20.8 Å². The fourth-order valence-corrected chi connectivity index (χ4v) is 3.25. The third-order valence-corrected chi connectivity index (χ3v) is 4.91. The number of carbonyl (C=O) groups excluding carboxylic acids is 4. The first-order chi connectivity index (χ1) is 15.4. The number of amides is 3. The molecule has 2 aromatic rings. The van der Waals surface area contributed by atoms with E-state index in [1.165, 1.54) is 6.07 Å². The highest BCUT2D eigenvalue weighted by atomic mass is 32.2. The van der Waals surface area contributed by atoms with Crippen LogP contribution in [0.5, 0.6) is 5.75 Å². The van der Waals surface area contributed by atoms with Crippen molar-refractivity contribution >= 4 is 41.1 Å². The number of ether oxygens (including phenoxy) is 1. The van der Waals surface area contributed by atoms with E-state index >= 15 is 0 Å². The summed E-state index contributed by atoms with van der Waals surface area (Å²) in [5, 5.41) is 5.10. The summed E-state index contributed by atoms with van der Waals surface area (Å²) >= 11 is 1.15. The van der Waals surface area contributed by atoms with Crippen molar-refractivity contribution in [3.8, 4) is 5.75 Å². The van der Waals surface area contributed by atoms with Gasteiger partial charge in [-0.15, -0.1) is 0 Å². The van der Waals surface area contributed by atoms with Crippen molar-refractivity contribution in [3.05, 3.63) is 71.4 Å². The number of carbonyl (C=O) groups is 4. The Hall–Kier alpha value is -3.79. The predicted octanol–water partition coefficient (Wildman–Crippen LogP) is 1.16. The monoisotopic (exact) mass is 454 g/mol. The minimum absolute atomic E-state index is 0.101. The van der Waals surface area contributed by atoms with Gasteiger partial charge in [0.15, 0.2) is 5.78 Å². The molecule has 0 radical (unpaired) electrons. The summed E-state index contributed by atoms with van der Waals surface area (Å²) in [7, 11) is 0. The van der Waals surface area contributed by atoms with E-state index in [9.17, 15) is 19.2 Å². The highest BCUT2D eigenvalue weighted by Gasteiger charge is 2.27. The highest BCUT2D eigenvalue weighted by Crippen LogP contribution is 2.28. The number of ketones is 1. The Kier molecular flexibility index (Phi) is 7.50. The van der Waals surface area contributed by atoms with Gasteiger partial charge in [0.1, 0.15) is 24.1 Å². The van der Waals surface area contributed by atoms with E-state index in [4.69, 9.17) is 10.5 Å². The average molecular weight is 455 g/mol. The lowest BCUT2D eigenvalue weighted by Gasteiger charge is -2.14. The van der Waals surface area contributed by atoms with E-state index in [1.807, 2.05) is 18.2 Å². The van der Waals surface area contributed by atoms with Gasteiger partial charge in [0.05, 0.1) is 5.69 Å². The zero-order valence-electron chi connectivity index (χ0n) is 17.2. The average Bonchev–Trinajstić information content (AvgIpc) is 2.92. The Morgan fingerprint density at radius 2 is 1.97 bits per heavy atom.